The van der Waals surface area contributed by atoms with E-state index in [0.717, 1.165) is 19.3 Å². The maximum atomic E-state index is 11.7. The summed E-state index contributed by atoms with van der Waals surface area (Å²) in [6.45, 7) is 4.47. The van der Waals surface area contributed by atoms with Gasteiger partial charge in [-0.25, -0.2) is 0 Å². The lowest BCUT2D eigenvalue weighted by Crippen LogP contribution is -2.45. The van der Waals surface area contributed by atoms with Crippen LogP contribution in [0.2, 0.25) is 0 Å². The molecule has 0 saturated carbocycles. The van der Waals surface area contributed by atoms with Gasteiger partial charge in [0.2, 0.25) is 5.91 Å². The van der Waals surface area contributed by atoms with Gasteiger partial charge in [-0.1, -0.05) is 13.8 Å². The molecule has 0 aromatic carbocycles. The second-order valence-corrected chi connectivity index (χ2v) is 4.21. The first-order chi connectivity index (χ1) is 7.15. The zero-order chi connectivity index (χ0) is 11.3. The van der Waals surface area contributed by atoms with Crippen molar-refractivity contribution in [3.8, 4) is 6.07 Å². The van der Waals surface area contributed by atoms with Crippen LogP contribution < -0.4 is 5.32 Å². The minimum atomic E-state index is -0.414. The van der Waals surface area contributed by atoms with Crippen LogP contribution >= 0.6 is 0 Å². The molecule has 84 valence electrons. The summed E-state index contributed by atoms with van der Waals surface area (Å²) in [6.07, 6.45) is 2.46. The van der Waals surface area contributed by atoms with Crippen LogP contribution in [0.4, 0.5) is 0 Å². The Hall–Kier alpha value is -1.08. The van der Waals surface area contributed by atoms with E-state index in [-0.39, 0.29) is 17.9 Å². The highest BCUT2D eigenvalue weighted by Gasteiger charge is 2.25. The molecule has 1 fully saturated rings. The van der Waals surface area contributed by atoms with Crippen molar-refractivity contribution in [3.05, 3.63) is 0 Å². The molecule has 1 aliphatic heterocycles. The van der Waals surface area contributed by atoms with E-state index in [1.807, 2.05) is 13.8 Å². The Morgan fingerprint density at radius 3 is 2.73 bits per heavy atom. The van der Waals surface area contributed by atoms with Crippen molar-refractivity contribution in [1.29, 1.82) is 5.26 Å². The Morgan fingerprint density at radius 2 is 2.27 bits per heavy atom. The van der Waals surface area contributed by atoms with E-state index in [4.69, 9.17) is 10.00 Å². The van der Waals surface area contributed by atoms with Crippen LogP contribution in [0, 0.1) is 17.2 Å². The molecule has 0 aromatic heterocycles. The van der Waals surface area contributed by atoms with Crippen molar-refractivity contribution in [3.63, 3.8) is 0 Å². The average molecular weight is 210 g/mol. The van der Waals surface area contributed by atoms with E-state index < -0.39 is 6.04 Å². The Bertz CT molecular complexity index is 252. The van der Waals surface area contributed by atoms with Crippen molar-refractivity contribution in [2.45, 2.75) is 45.3 Å². The summed E-state index contributed by atoms with van der Waals surface area (Å²) in [6, 6.07) is 1.67. The number of nitrogens with one attached hydrogen (secondary N) is 1. The molecule has 1 saturated heterocycles. The number of hydrogen-bond acceptors (Lipinski definition) is 3. The molecule has 0 radical (unpaired) electrons. The second kappa shape index (κ2) is 5.72. The summed E-state index contributed by atoms with van der Waals surface area (Å²) in [7, 11) is 0. The summed E-state index contributed by atoms with van der Waals surface area (Å²) in [5.41, 5.74) is 0. The van der Waals surface area contributed by atoms with Crippen molar-refractivity contribution in [1.82, 2.24) is 5.32 Å². The predicted octanol–water partition coefficient (Wildman–Crippen LogP) is 1.22. The number of rotatable bonds is 3. The number of nitrogens with zero attached hydrogens (tertiary/aromatic N) is 1. The van der Waals surface area contributed by atoms with Gasteiger partial charge in [-0.3, -0.25) is 4.79 Å². The van der Waals surface area contributed by atoms with E-state index in [1.54, 1.807) is 0 Å². The first-order valence-corrected chi connectivity index (χ1v) is 5.46. The molecule has 1 aliphatic rings. The zero-order valence-corrected chi connectivity index (χ0v) is 9.32. The highest BCUT2D eigenvalue weighted by Crippen LogP contribution is 2.13. The lowest BCUT2D eigenvalue weighted by molar-refractivity contribution is -0.136. The fraction of sp³-hybridized carbons (Fsp3) is 0.818. The zero-order valence-electron chi connectivity index (χ0n) is 9.32. The van der Waals surface area contributed by atoms with Crippen molar-refractivity contribution < 1.29 is 9.53 Å². The molecule has 0 spiro atoms. The second-order valence-electron chi connectivity index (χ2n) is 4.21. The van der Waals surface area contributed by atoms with Crippen LogP contribution in [0.3, 0.4) is 0 Å². The summed E-state index contributed by atoms with van der Waals surface area (Å²) in [5.74, 6) is -0.0162. The highest BCUT2D eigenvalue weighted by atomic mass is 16.5. The third kappa shape index (κ3) is 3.52. The molecular weight excluding hydrogens is 192 g/mol. The number of nitriles is 1. The molecule has 1 amide bonds. The maximum Gasteiger partial charge on any atom is 0.250 e. The Morgan fingerprint density at radius 1 is 1.53 bits per heavy atom. The standard InChI is InChI=1S/C11H18N2O2/c1-8(2)9(7-12)13-11(14)10-5-3-4-6-15-10/h8-10H,3-6H2,1-2H3,(H,13,14). The monoisotopic (exact) mass is 210 g/mol. The van der Waals surface area contributed by atoms with Crippen LogP contribution in [0.1, 0.15) is 33.1 Å². The number of hydrogen-bond donors (Lipinski definition) is 1. The van der Waals surface area contributed by atoms with Gasteiger partial charge in [0.25, 0.3) is 0 Å². The molecule has 4 nitrogen and oxygen atoms in total. The summed E-state index contributed by atoms with van der Waals surface area (Å²) >= 11 is 0. The number of amides is 1. The van der Waals surface area contributed by atoms with E-state index in [0.29, 0.717) is 6.61 Å². The van der Waals surface area contributed by atoms with E-state index in [1.165, 1.54) is 0 Å². The molecule has 0 aromatic rings. The quantitative estimate of drug-likeness (QED) is 0.761. The molecule has 1 rings (SSSR count). The average Bonchev–Trinajstić information content (AvgIpc) is 2.26. The maximum absolute atomic E-state index is 11.7. The number of carbonyl (C=O) groups is 1. The van der Waals surface area contributed by atoms with Gasteiger partial charge < -0.3 is 10.1 Å². The van der Waals surface area contributed by atoms with Crippen LogP contribution in [-0.2, 0) is 9.53 Å². The summed E-state index contributed by atoms with van der Waals surface area (Å²) in [5, 5.41) is 11.5. The molecule has 4 heteroatoms. The Labute approximate surface area is 90.6 Å². The minimum Gasteiger partial charge on any atom is -0.368 e. The smallest absolute Gasteiger partial charge is 0.250 e. The fourth-order valence-corrected chi connectivity index (χ4v) is 1.54. The molecule has 0 aliphatic carbocycles. The first kappa shape index (κ1) is 12.0. The van der Waals surface area contributed by atoms with Gasteiger partial charge in [-0.15, -0.1) is 0 Å². The van der Waals surface area contributed by atoms with Crippen LogP contribution in [0.5, 0.6) is 0 Å². The third-order valence-corrected chi connectivity index (χ3v) is 2.58. The van der Waals surface area contributed by atoms with E-state index in [9.17, 15) is 4.79 Å². The van der Waals surface area contributed by atoms with Crippen molar-refractivity contribution >= 4 is 5.91 Å². The van der Waals surface area contributed by atoms with Gasteiger partial charge in [0, 0.05) is 6.61 Å². The SMILES string of the molecule is CC(C)C(C#N)NC(=O)C1CCCCO1. The van der Waals surface area contributed by atoms with Crippen LogP contribution in [-0.4, -0.2) is 24.7 Å². The lowest BCUT2D eigenvalue weighted by Gasteiger charge is -2.24. The third-order valence-electron chi connectivity index (χ3n) is 2.58. The molecule has 2 atom stereocenters. The van der Waals surface area contributed by atoms with Gasteiger partial charge in [-0.05, 0) is 25.2 Å². The van der Waals surface area contributed by atoms with E-state index >= 15 is 0 Å². The summed E-state index contributed by atoms with van der Waals surface area (Å²) < 4.78 is 5.34. The van der Waals surface area contributed by atoms with E-state index in [2.05, 4.69) is 11.4 Å². The molecule has 1 heterocycles. The van der Waals surface area contributed by atoms with Gasteiger partial charge in [-0.2, -0.15) is 5.26 Å². The number of ether oxygens (including phenoxy) is 1. The van der Waals surface area contributed by atoms with Gasteiger partial charge >= 0.3 is 0 Å². The highest BCUT2D eigenvalue weighted by molar-refractivity contribution is 5.81. The minimum absolute atomic E-state index is 0.127. The topological polar surface area (TPSA) is 62.1 Å². The first-order valence-electron chi connectivity index (χ1n) is 5.46. The predicted molar refractivity (Wildman–Crippen MR) is 56.0 cm³/mol. The summed E-state index contributed by atoms with van der Waals surface area (Å²) in [4.78, 5) is 11.7. The van der Waals surface area contributed by atoms with Gasteiger partial charge in [0.15, 0.2) is 0 Å². The largest absolute Gasteiger partial charge is 0.368 e. The molecule has 2 unspecified atom stereocenters. The molecular formula is C11H18N2O2. The van der Waals surface area contributed by atoms with Crippen molar-refractivity contribution in [2.75, 3.05) is 6.61 Å². The molecule has 15 heavy (non-hydrogen) atoms. The number of carbonyl (C=O) groups excluding carboxylic acids is 1. The fourth-order valence-electron chi connectivity index (χ4n) is 1.54. The van der Waals surface area contributed by atoms with Crippen LogP contribution in [0.15, 0.2) is 0 Å². The Balaban J connectivity index is 2.43. The normalized spacial score (nSPS) is 23.2. The van der Waals surface area contributed by atoms with Crippen LogP contribution in [0.25, 0.3) is 0 Å². The van der Waals surface area contributed by atoms with Gasteiger partial charge in [0.1, 0.15) is 12.1 Å². The van der Waals surface area contributed by atoms with Gasteiger partial charge in [0.05, 0.1) is 6.07 Å². The molecule has 1 N–H and O–H groups in total. The van der Waals surface area contributed by atoms with Crippen molar-refractivity contribution in [2.24, 2.45) is 5.92 Å². The lowest BCUT2D eigenvalue weighted by atomic mass is 10.0. The molecule has 0 bridgehead atoms. The Kier molecular flexibility index (Phi) is 4.57.